The number of oxazole rings is 1. The standard InChI is InChI=1S/C23H18N2O4/c26-21(24-14-16-8-2-1-3-9-16)15-28-23(27)18-11-5-4-10-17(18)22-25-19-12-6-7-13-20(19)29-22/h1-13H,14-15H2,(H,24,26). The molecular formula is C23H18N2O4. The third-order valence-corrected chi connectivity index (χ3v) is 4.34. The SMILES string of the molecule is O=C(COC(=O)c1ccccc1-c1nc2ccccc2o1)NCc1ccccc1. The van der Waals surface area contributed by atoms with Crippen molar-refractivity contribution in [3.05, 3.63) is 90.0 Å². The van der Waals surface area contributed by atoms with E-state index in [4.69, 9.17) is 9.15 Å². The first-order chi connectivity index (χ1) is 14.2. The summed E-state index contributed by atoms with van der Waals surface area (Å²) in [5.74, 6) is -0.661. The molecule has 144 valence electrons. The lowest BCUT2D eigenvalue weighted by atomic mass is 10.1. The number of nitrogens with one attached hydrogen (secondary N) is 1. The summed E-state index contributed by atoms with van der Waals surface area (Å²) >= 11 is 0. The van der Waals surface area contributed by atoms with Gasteiger partial charge in [-0.3, -0.25) is 4.79 Å². The van der Waals surface area contributed by atoms with Gasteiger partial charge in [0.1, 0.15) is 5.52 Å². The van der Waals surface area contributed by atoms with E-state index in [9.17, 15) is 9.59 Å². The second-order valence-electron chi connectivity index (χ2n) is 6.37. The van der Waals surface area contributed by atoms with Gasteiger partial charge in [-0.05, 0) is 29.8 Å². The van der Waals surface area contributed by atoms with Gasteiger partial charge in [0.05, 0.1) is 11.1 Å². The second-order valence-corrected chi connectivity index (χ2v) is 6.37. The number of hydrogen-bond donors (Lipinski definition) is 1. The smallest absolute Gasteiger partial charge is 0.339 e. The predicted molar refractivity (Wildman–Crippen MR) is 108 cm³/mol. The summed E-state index contributed by atoms with van der Waals surface area (Å²) in [6, 6.07) is 23.7. The second kappa shape index (κ2) is 8.39. The third-order valence-electron chi connectivity index (χ3n) is 4.34. The predicted octanol–water partition coefficient (Wildman–Crippen LogP) is 3.97. The number of benzene rings is 3. The molecule has 0 unspecified atom stereocenters. The van der Waals surface area contributed by atoms with E-state index < -0.39 is 5.97 Å². The Morgan fingerprint density at radius 2 is 1.62 bits per heavy atom. The highest BCUT2D eigenvalue weighted by atomic mass is 16.5. The van der Waals surface area contributed by atoms with Crippen LogP contribution in [0.3, 0.4) is 0 Å². The molecule has 0 aliphatic rings. The Labute approximate surface area is 167 Å². The number of para-hydroxylation sites is 2. The third kappa shape index (κ3) is 4.32. The van der Waals surface area contributed by atoms with Gasteiger partial charge in [0, 0.05) is 6.54 Å². The van der Waals surface area contributed by atoms with Gasteiger partial charge in [-0.25, -0.2) is 9.78 Å². The number of esters is 1. The van der Waals surface area contributed by atoms with Gasteiger partial charge in [0.15, 0.2) is 12.2 Å². The summed E-state index contributed by atoms with van der Waals surface area (Å²) < 4.78 is 11.0. The first-order valence-corrected chi connectivity index (χ1v) is 9.13. The van der Waals surface area contributed by atoms with E-state index >= 15 is 0 Å². The molecule has 0 radical (unpaired) electrons. The number of carbonyl (C=O) groups excluding carboxylic acids is 2. The molecule has 0 aliphatic carbocycles. The highest BCUT2D eigenvalue weighted by Gasteiger charge is 2.18. The quantitative estimate of drug-likeness (QED) is 0.507. The van der Waals surface area contributed by atoms with Crippen LogP contribution < -0.4 is 5.32 Å². The van der Waals surface area contributed by atoms with Crippen LogP contribution in [0.5, 0.6) is 0 Å². The summed E-state index contributed by atoms with van der Waals surface area (Å²) in [6.07, 6.45) is 0. The fourth-order valence-corrected chi connectivity index (χ4v) is 2.89. The van der Waals surface area contributed by atoms with E-state index in [0.717, 1.165) is 5.56 Å². The van der Waals surface area contributed by atoms with Crippen molar-refractivity contribution in [2.45, 2.75) is 6.54 Å². The number of aromatic nitrogens is 1. The van der Waals surface area contributed by atoms with Crippen LogP contribution >= 0.6 is 0 Å². The first kappa shape index (κ1) is 18.4. The molecule has 0 atom stereocenters. The number of fused-ring (bicyclic) bond motifs is 1. The summed E-state index contributed by atoms with van der Waals surface area (Å²) in [5.41, 5.74) is 3.10. The zero-order chi connectivity index (χ0) is 20.1. The van der Waals surface area contributed by atoms with Crippen molar-refractivity contribution in [3.63, 3.8) is 0 Å². The molecule has 1 aromatic heterocycles. The number of hydrogen-bond acceptors (Lipinski definition) is 5. The molecule has 0 aliphatic heterocycles. The molecular weight excluding hydrogens is 368 g/mol. The summed E-state index contributed by atoms with van der Waals surface area (Å²) in [5, 5.41) is 2.72. The Kier molecular flexibility index (Phi) is 5.33. The molecule has 3 aromatic carbocycles. The van der Waals surface area contributed by atoms with Gasteiger partial charge < -0.3 is 14.5 Å². The monoisotopic (exact) mass is 386 g/mol. The van der Waals surface area contributed by atoms with E-state index in [1.54, 1.807) is 24.3 Å². The Morgan fingerprint density at radius 1 is 0.897 bits per heavy atom. The van der Waals surface area contributed by atoms with Gasteiger partial charge in [-0.1, -0.05) is 54.6 Å². The van der Waals surface area contributed by atoms with Crippen LogP contribution in [0, 0.1) is 0 Å². The molecule has 0 bridgehead atoms. The van der Waals surface area contributed by atoms with Crippen molar-refractivity contribution in [2.75, 3.05) is 6.61 Å². The Morgan fingerprint density at radius 3 is 2.45 bits per heavy atom. The maximum absolute atomic E-state index is 12.6. The number of rotatable bonds is 6. The maximum Gasteiger partial charge on any atom is 0.339 e. The van der Waals surface area contributed by atoms with E-state index in [1.165, 1.54) is 0 Å². The van der Waals surface area contributed by atoms with Crippen LogP contribution in [0.2, 0.25) is 0 Å². The minimum atomic E-state index is -0.613. The van der Waals surface area contributed by atoms with Gasteiger partial charge in [0.2, 0.25) is 5.89 Å². The molecule has 1 amide bonds. The summed E-state index contributed by atoms with van der Waals surface area (Å²) in [4.78, 5) is 29.0. The van der Waals surface area contributed by atoms with Gasteiger partial charge in [0.25, 0.3) is 5.91 Å². The molecule has 0 saturated carbocycles. The average Bonchev–Trinajstić information content (AvgIpc) is 3.21. The lowest BCUT2D eigenvalue weighted by molar-refractivity contribution is -0.124. The normalized spacial score (nSPS) is 10.6. The highest BCUT2D eigenvalue weighted by molar-refractivity contribution is 5.97. The Balaban J connectivity index is 1.43. The van der Waals surface area contributed by atoms with Crippen molar-refractivity contribution in [1.29, 1.82) is 0 Å². The number of amides is 1. The molecule has 6 heteroatoms. The molecule has 1 N–H and O–H groups in total. The molecule has 0 saturated heterocycles. The van der Waals surface area contributed by atoms with Crippen LogP contribution in [-0.2, 0) is 16.1 Å². The van der Waals surface area contributed by atoms with Crippen LogP contribution in [0.25, 0.3) is 22.6 Å². The van der Waals surface area contributed by atoms with Crippen molar-refractivity contribution in [2.24, 2.45) is 0 Å². The zero-order valence-electron chi connectivity index (χ0n) is 15.5. The zero-order valence-corrected chi connectivity index (χ0v) is 15.5. The minimum Gasteiger partial charge on any atom is -0.452 e. The minimum absolute atomic E-state index is 0.287. The first-order valence-electron chi connectivity index (χ1n) is 9.13. The number of ether oxygens (including phenoxy) is 1. The van der Waals surface area contributed by atoms with E-state index in [0.29, 0.717) is 29.1 Å². The topological polar surface area (TPSA) is 81.4 Å². The summed E-state index contributed by atoms with van der Waals surface area (Å²) in [6.45, 7) is 0.00424. The van der Waals surface area contributed by atoms with Crippen LogP contribution in [0.1, 0.15) is 15.9 Å². The van der Waals surface area contributed by atoms with Crippen molar-refractivity contribution >= 4 is 23.0 Å². The number of nitrogens with zero attached hydrogens (tertiary/aromatic N) is 1. The average molecular weight is 386 g/mol. The van der Waals surface area contributed by atoms with Crippen LogP contribution in [-0.4, -0.2) is 23.5 Å². The lowest BCUT2D eigenvalue weighted by Gasteiger charge is -2.08. The van der Waals surface area contributed by atoms with Crippen molar-refractivity contribution in [3.8, 4) is 11.5 Å². The molecule has 0 fully saturated rings. The molecule has 1 heterocycles. The van der Waals surface area contributed by atoms with Crippen molar-refractivity contribution in [1.82, 2.24) is 10.3 Å². The fraction of sp³-hybridized carbons (Fsp3) is 0.0870. The molecule has 6 nitrogen and oxygen atoms in total. The highest BCUT2D eigenvalue weighted by Crippen LogP contribution is 2.27. The van der Waals surface area contributed by atoms with Crippen molar-refractivity contribution < 1.29 is 18.7 Å². The molecule has 4 rings (SSSR count). The van der Waals surface area contributed by atoms with Crippen LogP contribution in [0.4, 0.5) is 0 Å². The summed E-state index contributed by atoms with van der Waals surface area (Å²) in [7, 11) is 0. The molecule has 0 spiro atoms. The van der Waals surface area contributed by atoms with Gasteiger partial charge in [-0.15, -0.1) is 0 Å². The Hall–Kier alpha value is -3.93. The lowest BCUT2D eigenvalue weighted by Crippen LogP contribution is -2.28. The molecule has 4 aromatic rings. The largest absolute Gasteiger partial charge is 0.452 e. The van der Waals surface area contributed by atoms with Gasteiger partial charge in [-0.2, -0.15) is 0 Å². The van der Waals surface area contributed by atoms with E-state index in [1.807, 2.05) is 54.6 Å². The maximum atomic E-state index is 12.6. The fourth-order valence-electron chi connectivity index (χ4n) is 2.89. The van der Waals surface area contributed by atoms with E-state index in [-0.39, 0.29) is 18.1 Å². The van der Waals surface area contributed by atoms with E-state index in [2.05, 4.69) is 10.3 Å². The molecule has 29 heavy (non-hydrogen) atoms. The number of carbonyl (C=O) groups is 2. The Bertz CT molecular complexity index is 1120. The van der Waals surface area contributed by atoms with Crippen LogP contribution in [0.15, 0.2) is 83.3 Å². The van der Waals surface area contributed by atoms with Gasteiger partial charge >= 0.3 is 5.97 Å².